The van der Waals surface area contributed by atoms with E-state index in [1.54, 1.807) is 29.2 Å². The first-order chi connectivity index (χ1) is 11.2. The molecule has 1 aliphatic heterocycles. The fraction of sp³-hybridized carbons (Fsp3) is 0.176. The maximum absolute atomic E-state index is 12.4. The first kappa shape index (κ1) is 15.1. The van der Waals surface area contributed by atoms with E-state index in [0.29, 0.717) is 17.9 Å². The van der Waals surface area contributed by atoms with E-state index in [1.807, 2.05) is 24.3 Å². The summed E-state index contributed by atoms with van der Waals surface area (Å²) in [4.78, 5) is 25.8. The van der Waals surface area contributed by atoms with Crippen molar-refractivity contribution in [3.63, 3.8) is 0 Å². The number of anilines is 1. The van der Waals surface area contributed by atoms with Crippen molar-refractivity contribution < 1.29 is 14.3 Å². The van der Waals surface area contributed by atoms with Crippen molar-refractivity contribution >= 4 is 17.5 Å². The second-order valence-electron chi connectivity index (χ2n) is 5.18. The molecule has 1 aliphatic rings. The molecule has 118 valence electrons. The number of ether oxygens (including phenoxy) is 1. The molecule has 3 N–H and O–H groups in total. The molecule has 2 aromatic rings. The third-order valence-electron chi connectivity index (χ3n) is 3.80. The Hall–Kier alpha value is -2.86. The molecule has 0 bridgehead atoms. The zero-order valence-corrected chi connectivity index (χ0v) is 12.5. The Morgan fingerprint density at radius 3 is 2.70 bits per heavy atom. The monoisotopic (exact) mass is 311 g/mol. The number of amides is 2. The van der Waals surface area contributed by atoms with Crippen molar-refractivity contribution in [1.29, 1.82) is 0 Å². The van der Waals surface area contributed by atoms with Gasteiger partial charge in [0.05, 0.1) is 5.56 Å². The number of nitrogen functional groups attached to an aromatic ring is 1. The normalized spacial score (nSPS) is 12.7. The van der Waals surface area contributed by atoms with E-state index in [9.17, 15) is 9.59 Å². The zero-order chi connectivity index (χ0) is 16.2. The number of nitrogens with two attached hydrogens (primary N) is 1. The van der Waals surface area contributed by atoms with Gasteiger partial charge in [0.15, 0.2) is 6.61 Å². The molecular formula is C17H17N3O3. The van der Waals surface area contributed by atoms with Gasteiger partial charge in [0.1, 0.15) is 5.75 Å². The summed E-state index contributed by atoms with van der Waals surface area (Å²) >= 11 is 0. The number of hydrogen-bond donors (Lipinski definition) is 2. The number of fused-ring (bicyclic) bond motifs is 1. The standard InChI is InChI=1S/C17H17N3O3/c18-19-17(22)13-6-2-4-8-15(13)23-11-16(21)20-10-9-12-5-1-3-7-14(12)20/h1-8H,9-11,18H2,(H,19,22). The third-order valence-corrected chi connectivity index (χ3v) is 3.80. The molecular weight excluding hydrogens is 294 g/mol. The number of hydrazine groups is 1. The quantitative estimate of drug-likeness (QED) is 0.506. The van der Waals surface area contributed by atoms with E-state index in [4.69, 9.17) is 10.6 Å². The van der Waals surface area contributed by atoms with Gasteiger partial charge in [-0.1, -0.05) is 30.3 Å². The van der Waals surface area contributed by atoms with Crippen LogP contribution in [0.2, 0.25) is 0 Å². The number of carbonyl (C=O) groups is 2. The summed E-state index contributed by atoms with van der Waals surface area (Å²) in [5.41, 5.74) is 4.44. The Balaban J connectivity index is 1.70. The molecule has 0 aliphatic carbocycles. The van der Waals surface area contributed by atoms with Gasteiger partial charge in [-0.05, 0) is 30.2 Å². The topological polar surface area (TPSA) is 84.7 Å². The predicted octanol–water partition coefficient (Wildman–Crippen LogP) is 1.26. The zero-order valence-electron chi connectivity index (χ0n) is 12.5. The minimum absolute atomic E-state index is 0.136. The molecule has 0 atom stereocenters. The lowest BCUT2D eigenvalue weighted by Gasteiger charge is -2.18. The number of para-hydroxylation sites is 2. The van der Waals surface area contributed by atoms with Crippen LogP contribution >= 0.6 is 0 Å². The summed E-state index contributed by atoms with van der Waals surface area (Å²) in [5, 5.41) is 0. The van der Waals surface area contributed by atoms with Crippen LogP contribution in [0.5, 0.6) is 5.75 Å². The van der Waals surface area contributed by atoms with Gasteiger partial charge in [-0.25, -0.2) is 5.84 Å². The SMILES string of the molecule is NNC(=O)c1ccccc1OCC(=O)N1CCc2ccccc21. The van der Waals surface area contributed by atoms with E-state index >= 15 is 0 Å². The van der Waals surface area contributed by atoms with Gasteiger partial charge in [-0.2, -0.15) is 0 Å². The van der Waals surface area contributed by atoms with E-state index in [-0.39, 0.29) is 12.5 Å². The molecule has 3 rings (SSSR count). The number of benzene rings is 2. The van der Waals surface area contributed by atoms with Crippen molar-refractivity contribution in [3.8, 4) is 5.75 Å². The van der Waals surface area contributed by atoms with Crippen LogP contribution in [0.3, 0.4) is 0 Å². The molecule has 6 nitrogen and oxygen atoms in total. The Morgan fingerprint density at radius 2 is 1.87 bits per heavy atom. The van der Waals surface area contributed by atoms with Crippen molar-refractivity contribution in [2.45, 2.75) is 6.42 Å². The van der Waals surface area contributed by atoms with Crippen LogP contribution in [-0.4, -0.2) is 25.0 Å². The van der Waals surface area contributed by atoms with E-state index in [0.717, 1.165) is 17.7 Å². The molecule has 1 heterocycles. The molecule has 0 saturated carbocycles. The highest BCUT2D eigenvalue weighted by Gasteiger charge is 2.24. The first-order valence-electron chi connectivity index (χ1n) is 7.31. The summed E-state index contributed by atoms with van der Waals surface area (Å²) in [6.07, 6.45) is 0.841. The number of rotatable bonds is 4. The Morgan fingerprint density at radius 1 is 1.13 bits per heavy atom. The van der Waals surface area contributed by atoms with Crippen molar-refractivity contribution in [2.75, 3.05) is 18.1 Å². The molecule has 0 saturated heterocycles. The largest absolute Gasteiger partial charge is 0.483 e. The fourth-order valence-corrected chi connectivity index (χ4v) is 2.67. The first-order valence-corrected chi connectivity index (χ1v) is 7.31. The number of nitrogens with zero attached hydrogens (tertiary/aromatic N) is 1. The average Bonchev–Trinajstić information content (AvgIpc) is 3.03. The maximum atomic E-state index is 12.4. The minimum Gasteiger partial charge on any atom is -0.483 e. The molecule has 0 fully saturated rings. The lowest BCUT2D eigenvalue weighted by atomic mass is 10.2. The van der Waals surface area contributed by atoms with E-state index < -0.39 is 5.91 Å². The molecule has 23 heavy (non-hydrogen) atoms. The van der Waals surface area contributed by atoms with Crippen LogP contribution in [0.15, 0.2) is 48.5 Å². The molecule has 2 aromatic carbocycles. The third kappa shape index (κ3) is 3.02. The van der Waals surface area contributed by atoms with Crippen LogP contribution in [-0.2, 0) is 11.2 Å². The highest BCUT2D eigenvalue weighted by atomic mass is 16.5. The minimum atomic E-state index is -0.459. The van der Waals surface area contributed by atoms with Crippen molar-refractivity contribution in [2.24, 2.45) is 5.84 Å². The molecule has 0 spiro atoms. The molecule has 0 unspecified atom stereocenters. The Kier molecular flexibility index (Phi) is 4.25. The van der Waals surface area contributed by atoms with Gasteiger partial charge >= 0.3 is 0 Å². The molecule has 0 aromatic heterocycles. The van der Waals surface area contributed by atoms with E-state index in [2.05, 4.69) is 5.43 Å². The van der Waals surface area contributed by atoms with Crippen LogP contribution in [0.25, 0.3) is 0 Å². The Bertz CT molecular complexity index is 745. The maximum Gasteiger partial charge on any atom is 0.268 e. The van der Waals surface area contributed by atoms with E-state index in [1.165, 1.54) is 0 Å². The van der Waals surface area contributed by atoms with Gasteiger partial charge in [0.2, 0.25) is 0 Å². The second-order valence-corrected chi connectivity index (χ2v) is 5.18. The van der Waals surface area contributed by atoms with Crippen LogP contribution < -0.4 is 20.9 Å². The highest BCUT2D eigenvalue weighted by molar-refractivity contribution is 5.98. The average molecular weight is 311 g/mol. The van der Waals surface area contributed by atoms with Gasteiger partial charge in [0, 0.05) is 12.2 Å². The molecule has 2 amide bonds. The van der Waals surface area contributed by atoms with Gasteiger partial charge in [-0.3, -0.25) is 15.0 Å². The van der Waals surface area contributed by atoms with Crippen molar-refractivity contribution in [3.05, 3.63) is 59.7 Å². The summed E-state index contributed by atoms with van der Waals surface area (Å²) in [7, 11) is 0. The van der Waals surface area contributed by atoms with Crippen molar-refractivity contribution in [1.82, 2.24) is 5.43 Å². The summed E-state index contributed by atoms with van der Waals surface area (Å²) < 4.78 is 5.54. The van der Waals surface area contributed by atoms with Crippen LogP contribution in [0.4, 0.5) is 5.69 Å². The lowest BCUT2D eigenvalue weighted by Crippen LogP contribution is -2.34. The van der Waals surface area contributed by atoms with Gasteiger partial charge < -0.3 is 9.64 Å². The molecule has 6 heteroatoms. The summed E-state index contributed by atoms with van der Waals surface area (Å²) in [6, 6.07) is 14.5. The summed E-state index contributed by atoms with van der Waals surface area (Å²) in [5.74, 6) is 4.88. The smallest absolute Gasteiger partial charge is 0.268 e. The van der Waals surface area contributed by atoms with Gasteiger partial charge in [-0.15, -0.1) is 0 Å². The number of nitrogens with one attached hydrogen (secondary N) is 1. The second kappa shape index (κ2) is 6.50. The number of hydrogen-bond acceptors (Lipinski definition) is 4. The predicted molar refractivity (Wildman–Crippen MR) is 86.1 cm³/mol. The lowest BCUT2D eigenvalue weighted by molar-refractivity contribution is -0.120. The number of carbonyl (C=O) groups excluding carboxylic acids is 2. The Labute approximate surface area is 133 Å². The molecule has 0 radical (unpaired) electrons. The summed E-state index contributed by atoms with van der Waals surface area (Å²) in [6.45, 7) is 0.510. The highest BCUT2D eigenvalue weighted by Crippen LogP contribution is 2.27. The van der Waals surface area contributed by atoms with Gasteiger partial charge in [0.25, 0.3) is 11.8 Å². The van der Waals surface area contributed by atoms with Crippen LogP contribution in [0, 0.1) is 0 Å². The van der Waals surface area contributed by atoms with Crippen LogP contribution in [0.1, 0.15) is 15.9 Å². The fourth-order valence-electron chi connectivity index (χ4n) is 2.67.